The van der Waals surface area contributed by atoms with Crippen molar-refractivity contribution < 1.29 is 37.8 Å². The van der Waals surface area contributed by atoms with E-state index in [4.69, 9.17) is 5.11 Å². The molecule has 0 unspecified atom stereocenters. The molecule has 1 aliphatic heterocycles. The van der Waals surface area contributed by atoms with Crippen LogP contribution in [-0.4, -0.2) is 83.2 Å². The van der Waals surface area contributed by atoms with Crippen molar-refractivity contribution in [2.45, 2.75) is 101 Å². The minimum atomic E-state index is -4.06. The molecule has 0 radical (unpaired) electrons. The molecule has 0 atom stereocenters. The number of carbonyl (C=O) groups excluding carboxylic acids is 2. The van der Waals surface area contributed by atoms with E-state index in [0.717, 1.165) is 73.2 Å². The van der Waals surface area contributed by atoms with E-state index in [9.17, 15) is 32.7 Å². The molecule has 2 heterocycles. The molecule has 2 aliphatic rings. The van der Waals surface area contributed by atoms with Gasteiger partial charge in [-0.1, -0.05) is 36.4 Å². The van der Waals surface area contributed by atoms with Crippen molar-refractivity contribution in [2.24, 2.45) is 0 Å². The summed E-state index contributed by atoms with van der Waals surface area (Å²) in [7, 11) is -4.06. The van der Waals surface area contributed by atoms with E-state index in [0.29, 0.717) is 35.0 Å². The zero-order chi connectivity index (χ0) is 40.7. The number of hydrogen-bond donors (Lipinski definition) is 3. The first-order valence-corrected chi connectivity index (χ1v) is 22.0. The molecule has 0 saturated carbocycles. The van der Waals surface area contributed by atoms with Crippen molar-refractivity contribution >= 4 is 50.7 Å². The first-order chi connectivity index (χ1) is 27.3. The predicted octanol–water partition coefficient (Wildman–Crippen LogP) is 7.52. The Morgan fingerprint density at radius 1 is 0.877 bits per heavy atom. The van der Waals surface area contributed by atoms with Crippen molar-refractivity contribution in [1.29, 1.82) is 0 Å². The van der Waals surface area contributed by atoms with E-state index in [2.05, 4.69) is 24.1 Å². The van der Waals surface area contributed by atoms with Crippen LogP contribution in [0.15, 0.2) is 77.7 Å². The summed E-state index contributed by atoms with van der Waals surface area (Å²) in [5, 5.41) is 21.5. The number of benzene rings is 3. The minimum absolute atomic E-state index is 0.00190. The Morgan fingerprint density at radius 3 is 2.16 bits per heavy atom. The van der Waals surface area contributed by atoms with Crippen LogP contribution in [0, 0.1) is 0 Å². The number of aryl methyl sites for hydroxylation is 3. The highest BCUT2D eigenvalue weighted by atomic mass is 32.2. The Labute approximate surface area is 338 Å². The summed E-state index contributed by atoms with van der Waals surface area (Å²) in [5.41, 5.74) is 4.72. The molecular formula is C44H51N3O8S2. The highest BCUT2D eigenvalue weighted by Crippen LogP contribution is 2.36. The van der Waals surface area contributed by atoms with Crippen molar-refractivity contribution in [3.63, 3.8) is 0 Å². The number of ketones is 1. The molecule has 1 amide bonds. The Hall–Kier alpha value is -4.69. The molecule has 1 aliphatic carbocycles. The lowest BCUT2D eigenvalue weighted by atomic mass is 9.93. The molecule has 3 aromatic carbocycles. The molecule has 57 heavy (non-hydrogen) atoms. The van der Waals surface area contributed by atoms with Gasteiger partial charge in [-0.15, -0.1) is 11.3 Å². The van der Waals surface area contributed by atoms with Crippen molar-refractivity contribution in [2.75, 3.05) is 25.0 Å². The fraction of sp³-hybridized carbons (Fsp3) is 0.409. The summed E-state index contributed by atoms with van der Waals surface area (Å²) in [6.45, 7) is 5.78. The van der Waals surface area contributed by atoms with Crippen molar-refractivity contribution in [3.05, 3.63) is 116 Å². The van der Waals surface area contributed by atoms with Gasteiger partial charge in [0.25, 0.3) is 5.91 Å². The number of piperidine rings is 1. The van der Waals surface area contributed by atoms with E-state index in [-0.39, 0.29) is 59.6 Å². The maximum absolute atomic E-state index is 14.2. The summed E-state index contributed by atoms with van der Waals surface area (Å²) in [6.07, 6.45) is 6.28. The standard InChI is InChI=1S/C44H51N3O8S2/c1-29(2)46-25-22-35(23-26-46)47(24-6-11-41(49)50)57(54,55)36-8-5-7-33(27-36)38(48)28-40-42(37-9-3-4-10-39(37)56-40)43(51)45-34-20-16-31(17-21-34)13-12-30-14-18-32(19-15-30)44(52)53/h5,7-8,14-21,27,29,35H,3-4,6,9-13,22-26,28H2,1-2H3,(H,45,51)(H,49,50)(H,52,53). The van der Waals surface area contributed by atoms with Crippen LogP contribution in [0.25, 0.3) is 0 Å². The number of amides is 1. The Morgan fingerprint density at radius 2 is 1.53 bits per heavy atom. The Balaban J connectivity index is 1.16. The van der Waals surface area contributed by atoms with Crippen LogP contribution in [-0.2, 0) is 46.9 Å². The van der Waals surface area contributed by atoms with E-state index >= 15 is 0 Å². The molecule has 3 N–H and O–H groups in total. The first-order valence-electron chi connectivity index (χ1n) is 19.8. The molecule has 0 spiro atoms. The average molecular weight is 814 g/mol. The number of anilines is 1. The second kappa shape index (κ2) is 18.7. The zero-order valence-corrected chi connectivity index (χ0v) is 34.2. The van der Waals surface area contributed by atoms with Gasteiger partial charge in [0, 0.05) is 52.5 Å². The topological polar surface area (TPSA) is 161 Å². The molecule has 13 heteroatoms. The second-order valence-corrected chi connectivity index (χ2v) is 18.3. The number of likely N-dealkylation sites (tertiary alicyclic amines) is 1. The molecule has 302 valence electrons. The number of carboxylic acid groups (broad SMARTS) is 2. The number of nitrogens with zero attached hydrogens (tertiary/aromatic N) is 2. The van der Waals surface area contributed by atoms with Crippen LogP contribution in [0.1, 0.15) is 110 Å². The van der Waals surface area contributed by atoms with E-state index in [1.807, 2.05) is 36.4 Å². The van der Waals surface area contributed by atoms with Gasteiger partial charge < -0.3 is 20.4 Å². The number of nitrogens with one attached hydrogen (secondary N) is 1. The molecular weight excluding hydrogens is 763 g/mol. The summed E-state index contributed by atoms with van der Waals surface area (Å²) in [4.78, 5) is 54.5. The molecule has 1 fully saturated rings. The van der Waals surface area contributed by atoms with Gasteiger partial charge in [0.1, 0.15) is 0 Å². The molecule has 1 aromatic heterocycles. The lowest BCUT2D eigenvalue weighted by Gasteiger charge is -2.39. The van der Waals surface area contributed by atoms with Crippen LogP contribution in [0.5, 0.6) is 0 Å². The number of aliphatic carboxylic acids is 1. The number of carbonyl (C=O) groups is 4. The number of thiophene rings is 1. The van der Waals surface area contributed by atoms with Gasteiger partial charge in [-0.3, -0.25) is 14.4 Å². The fourth-order valence-corrected chi connectivity index (χ4v) is 11.0. The fourth-order valence-electron chi connectivity index (χ4n) is 7.85. The second-order valence-electron chi connectivity index (χ2n) is 15.3. The number of aromatic carboxylic acids is 1. The van der Waals surface area contributed by atoms with Gasteiger partial charge in [0.15, 0.2) is 5.78 Å². The maximum atomic E-state index is 14.2. The third-order valence-corrected chi connectivity index (χ3v) is 14.3. The molecule has 0 bridgehead atoms. The van der Waals surface area contributed by atoms with Gasteiger partial charge in [-0.25, -0.2) is 13.2 Å². The lowest BCUT2D eigenvalue weighted by Crippen LogP contribution is -2.49. The van der Waals surface area contributed by atoms with Crippen molar-refractivity contribution in [3.8, 4) is 0 Å². The van der Waals surface area contributed by atoms with Gasteiger partial charge in [0.05, 0.1) is 16.0 Å². The van der Waals surface area contributed by atoms with E-state index in [1.165, 1.54) is 27.8 Å². The number of rotatable bonds is 17. The minimum Gasteiger partial charge on any atom is -0.481 e. The lowest BCUT2D eigenvalue weighted by molar-refractivity contribution is -0.137. The van der Waals surface area contributed by atoms with Crippen LogP contribution >= 0.6 is 11.3 Å². The van der Waals surface area contributed by atoms with E-state index < -0.39 is 22.0 Å². The SMILES string of the molecule is CC(C)N1CCC(N(CCCC(=O)O)S(=O)(=O)c2cccc(C(=O)Cc3sc4c(c3C(=O)Nc3ccc(CCc5ccc(C(=O)O)cc5)cc3)CCCC4)c2)CC1. The number of Topliss-reactive ketones (excluding diaryl/α,β-unsaturated/α-hetero) is 1. The predicted molar refractivity (Wildman–Crippen MR) is 221 cm³/mol. The maximum Gasteiger partial charge on any atom is 0.335 e. The Kier molecular flexibility index (Phi) is 13.8. The quantitative estimate of drug-likeness (QED) is 0.0917. The summed E-state index contributed by atoms with van der Waals surface area (Å²) in [6, 6.07) is 20.6. The van der Waals surface area contributed by atoms with Gasteiger partial charge in [-0.2, -0.15) is 4.31 Å². The van der Waals surface area contributed by atoms with Crippen LogP contribution in [0.2, 0.25) is 0 Å². The average Bonchev–Trinajstić information content (AvgIpc) is 3.57. The van der Waals surface area contributed by atoms with Gasteiger partial charge in [0.2, 0.25) is 10.0 Å². The van der Waals surface area contributed by atoms with Gasteiger partial charge in [-0.05, 0) is 138 Å². The number of hydrogen-bond acceptors (Lipinski definition) is 8. The Bertz CT molecular complexity index is 2190. The normalized spacial score (nSPS) is 15.1. The third-order valence-electron chi connectivity index (χ3n) is 11.1. The summed E-state index contributed by atoms with van der Waals surface area (Å²) < 4.78 is 29.9. The van der Waals surface area contributed by atoms with Crippen molar-refractivity contribution in [1.82, 2.24) is 9.21 Å². The number of carboxylic acids is 2. The molecule has 11 nitrogen and oxygen atoms in total. The number of fused-ring (bicyclic) bond motifs is 1. The van der Waals surface area contributed by atoms with E-state index in [1.54, 1.807) is 24.3 Å². The highest BCUT2D eigenvalue weighted by Gasteiger charge is 2.35. The summed E-state index contributed by atoms with van der Waals surface area (Å²) >= 11 is 1.49. The molecule has 1 saturated heterocycles. The first kappa shape index (κ1) is 41.9. The molecule has 6 rings (SSSR count). The van der Waals surface area contributed by atoms with Crippen LogP contribution in [0.4, 0.5) is 5.69 Å². The zero-order valence-electron chi connectivity index (χ0n) is 32.5. The summed E-state index contributed by atoms with van der Waals surface area (Å²) in [5.74, 6) is -2.50. The van der Waals surface area contributed by atoms with Crippen LogP contribution in [0.3, 0.4) is 0 Å². The molecule has 4 aromatic rings. The van der Waals surface area contributed by atoms with Gasteiger partial charge >= 0.3 is 11.9 Å². The largest absolute Gasteiger partial charge is 0.481 e. The third kappa shape index (κ3) is 10.4. The highest BCUT2D eigenvalue weighted by molar-refractivity contribution is 7.89. The number of sulfonamides is 1. The van der Waals surface area contributed by atoms with Crippen LogP contribution < -0.4 is 5.32 Å². The monoisotopic (exact) mass is 813 g/mol. The smallest absolute Gasteiger partial charge is 0.335 e.